The molecule has 0 bridgehead atoms. The van der Waals surface area contributed by atoms with Crippen LogP contribution in [0.1, 0.15) is 98.4 Å². The van der Waals surface area contributed by atoms with Gasteiger partial charge in [-0.15, -0.1) is 0 Å². The van der Waals surface area contributed by atoms with Crippen molar-refractivity contribution in [2.75, 3.05) is 34.0 Å². The molecule has 50 heavy (non-hydrogen) atoms. The molecule has 0 aliphatic rings. The fraction of sp³-hybridized carbons (Fsp3) is 0.450. The number of esters is 2. The zero-order chi connectivity index (χ0) is 39.2. The van der Waals surface area contributed by atoms with Crippen molar-refractivity contribution < 1.29 is 42.9 Å². The molecule has 0 fully saturated rings. The average Bonchev–Trinajstić information content (AvgIpc) is 3.13. The van der Waals surface area contributed by atoms with Gasteiger partial charge >= 0.3 is 11.9 Å². The van der Waals surface area contributed by atoms with Gasteiger partial charge in [-0.2, -0.15) is 0 Å². The number of carbonyl (C=O) groups is 4. The number of unbranched alkanes of at least 4 members (excludes halogenated alkanes) is 2. The molecule has 10 heteroatoms. The molecule has 0 heterocycles. The van der Waals surface area contributed by atoms with Gasteiger partial charge in [0, 0.05) is 38.7 Å². The molecule has 10 nitrogen and oxygen atoms in total. The van der Waals surface area contributed by atoms with Crippen molar-refractivity contribution in [2.24, 2.45) is 0 Å². The molecular weight excluding hydrogens is 638 g/mol. The van der Waals surface area contributed by atoms with Gasteiger partial charge in [0.1, 0.15) is 23.6 Å². The molecule has 0 aliphatic carbocycles. The number of ether oxygens (including phenoxy) is 5. The number of benzene rings is 1. The van der Waals surface area contributed by atoms with E-state index in [1.165, 1.54) is 37.1 Å². The molecule has 0 radical (unpaired) electrons. The Bertz CT molecular complexity index is 1190. The quantitative estimate of drug-likeness (QED) is 0.0375. The molecule has 1 amide bonds. The van der Waals surface area contributed by atoms with Gasteiger partial charge in [-0.1, -0.05) is 60.3 Å². The van der Waals surface area contributed by atoms with Gasteiger partial charge in [-0.05, 0) is 101 Å². The van der Waals surface area contributed by atoms with E-state index in [0.29, 0.717) is 53.5 Å². The second-order valence-corrected chi connectivity index (χ2v) is 9.67. The Kier molecular flexibility index (Phi) is 40.7. The van der Waals surface area contributed by atoms with Crippen LogP contribution in [0.3, 0.4) is 0 Å². The number of nitrogens with one attached hydrogen (secondary N) is 1. The lowest BCUT2D eigenvalue weighted by molar-refractivity contribution is -0.134. The number of amides is 1. The van der Waals surface area contributed by atoms with E-state index < -0.39 is 11.9 Å². The summed E-state index contributed by atoms with van der Waals surface area (Å²) >= 11 is 0. The van der Waals surface area contributed by atoms with Crippen LogP contribution in [0.15, 0.2) is 96.2 Å². The predicted molar refractivity (Wildman–Crippen MR) is 204 cm³/mol. The highest BCUT2D eigenvalue weighted by molar-refractivity contribution is 5.90. The Morgan fingerprint density at radius 1 is 0.780 bits per heavy atom. The Hall–Kier alpha value is -4.54. The molecular formula is C40H63NO9. The summed E-state index contributed by atoms with van der Waals surface area (Å²) in [7, 11) is 3.40. The summed E-state index contributed by atoms with van der Waals surface area (Å²) in [4.78, 5) is 44.4. The monoisotopic (exact) mass is 701 g/mol. The molecule has 1 N–H and O–H groups in total. The number of methoxy groups -OCH3 is 2. The minimum Gasteiger partial charge on any atom is -0.494 e. The molecule has 0 atom stereocenters. The van der Waals surface area contributed by atoms with E-state index in [-0.39, 0.29) is 5.76 Å². The number of aldehydes is 1. The number of hydrogen-bond donors (Lipinski definition) is 1. The maximum atomic E-state index is 12.4. The maximum Gasteiger partial charge on any atom is 0.343 e. The second kappa shape index (κ2) is 38.9. The topological polar surface area (TPSA) is 126 Å². The minimum absolute atomic E-state index is 0.178. The average molecular weight is 702 g/mol. The Morgan fingerprint density at radius 3 is 1.78 bits per heavy atom. The summed E-state index contributed by atoms with van der Waals surface area (Å²) in [5, 5.41) is 2.47. The summed E-state index contributed by atoms with van der Waals surface area (Å²) in [6.45, 7) is 25.8. The van der Waals surface area contributed by atoms with E-state index in [9.17, 15) is 19.2 Å². The number of allylic oxidation sites excluding steroid dienone is 8. The lowest BCUT2D eigenvalue weighted by Gasteiger charge is -2.08. The molecule has 1 aromatic rings. The summed E-state index contributed by atoms with van der Waals surface area (Å²) in [6.07, 6.45) is 12.9. The highest BCUT2D eigenvalue weighted by atomic mass is 16.5. The molecule has 0 spiro atoms. The van der Waals surface area contributed by atoms with Crippen molar-refractivity contribution in [2.45, 2.75) is 88.0 Å². The summed E-state index contributed by atoms with van der Waals surface area (Å²) in [5.74, 6) is 0.0317. The highest BCUT2D eigenvalue weighted by Gasteiger charge is 2.09. The van der Waals surface area contributed by atoms with Crippen molar-refractivity contribution in [1.29, 1.82) is 0 Å². The van der Waals surface area contributed by atoms with Gasteiger partial charge < -0.3 is 29.0 Å². The molecule has 0 unspecified atom stereocenters. The molecule has 0 aromatic heterocycles. The van der Waals surface area contributed by atoms with E-state index in [4.69, 9.17) is 23.7 Å². The lowest BCUT2D eigenvalue weighted by atomic mass is 10.2. The normalized spacial score (nSPS) is 10.8. The van der Waals surface area contributed by atoms with Crippen molar-refractivity contribution >= 4 is 24.6 Å². The largest absolute Gasteiger partial charge is 0.494 e. The minimum atomic E-state index is -0.588. The predicted octanol–water partition coefficient (Wildman–Crippen LogP) is 9.01. The van der Waals surface area contributed by atoms with E-state index in [2.05, 4.69) is 25.4 Å². The van der Waals surface area contributed by atoms with Crippen LogP contribution in [0.4, 0.5) is 0 Å². The first-order chi connectivity index (χ1) is 24.0. The highest BCUT2D eigenvalue weighted by Crippen LogP contribution is 2.15. The zero-order valence-corrected chi connectivity index (χ0v) is 32.4. The third-order valence-electron chi connectivity index (χ3n) is 5.34. The van der Waals surface area contributed by atoms with Gasteiger partial charge in [-0.3, -0.25) is 9.59 Å². The van der Waals surface area contributed by atoms with Crippen LogP contribution in [0.2, 0.25) is 0 Å². The second-order valence-electron chi connectivity index (χ2n) is 9.67. The summed E-state index contributed by atoms with van der Waals surface area (Å²) < 4.78 is 26.0. The molecule has 0 saturated heterocycles. The van der Waals surface area contributed by atoms with E-state index in [0.717, 1.165) is 25.7 Å². The Balaban J connectivity index is -0.000000593. The maximum absolute atomic E-state index is 12.4. The fourth-order valence-corrected chi connectivity index (χ4v) is 2.74. The Labute approximate surface area is 301 Å². The molecule has 282 valence electrons. The van der Waals surface area contributed by atoms with E-state index in [1.54, 1.807) is 72.3 Å². The van der Waals surface area contributed by atoms with E-state index >= 15 is 0 Å². The van der Waals surface area contributed by atoms with E-state index in [1.807, 2.05) is 27.7 Å². The van der Waals surface area contributed by atoms with Crippen LogP contribution in [0, 0.1) is 0 Å². The van der Waals surface area contributed by atoms with Crippen molar-refractivity contribution in [1.82, 2.24) is 5.32 Å². The number of rotatable bonds is 19. The first-order valence-corrected chi connectivity index (χ1v) is 16.8. The first-order valence-electron chi connectivity index (χ1n) is 16.8. The van der Waals surface area contributed by atoms with Gasteiger partial charge in [0.2, 0.25) is 6.41 Å². The van der Waals surface area contributed by atoms with Crippen LogP contribution in [-0.2, 0) is 33.3 Å². The standard InChI is InChI=1S/C27H33NO7.C5H12O.C4H6O.2C2H6/c1-6-24(35-26(30)20(2)9-10-21(3)28-19-29)14-11-22(4)34-27(31)23-12-15-25(16-13-23)33-18-8-7-17-32-5;1-3-4-5-6-2;1-4(2)3-5;2*1-2/h6,9-16,19H,1,7-8,17-18H2,2-5H3,(H,28,29);3-5H2,1-2H3;3H,1H2,2H3;2*1-2H3/b20-9+,21-10+,22-11+,24-14+;;;;. The van der Waals surface area contributed by atoms with Gasteiger partial charge in [0.05, 0.1) is 12.2 Å². The summed E-state index contributed by atoms with van der Waals surface area (Å²) in [5.41, 5.74) is 1.84. The van der Waals surface area contributed by atoms with Crippen molar-refractivity contribution in [3.8, 4) is 5.75 Å². The van der Waals surface area contributed by atoms with Crippen LogP contribution in [0.25, 0.3) is 0 Å². The number of hydrogen-bond acceptors (Lipinski definition) is 9. The van der Waals surface area contributed by atoms with Crippen LogP contribution >= 0.6 is 0 Å². The molecule has 1 rings (SSSR count). The van der Waals surface area contributed by atoms with Crippen LogP contribution in [-0.4, -0.2) is 58.7 Å². The Morgan fingerprint density at radius 2 is 1.32 bits per heavy atom. The lowest BCUT2D eigenvalue weighted by Crippen LogP contribution is -2.07. The SMILES string of the molecule is C=C(C)C=O.C=C/C(=C\C=C(/C)OC(=O)c1ccc(OCCCCOC)cc1)OC(=O)/C(C)=C/C=C(\C)NC=O.CC.CC.CCCCOC. The smallest absolute Gasteiger partial charge is 0.343 e. The third-order valence-corrected chi connectivity index (χ3v) is 5.34. The van der Waals surface area contributed by atoms with Gasteiger partial charge in [0.15, 0.2) is 0 Å². The molecule has 1 aromatic carbocycles. The third kappa shape index (κ3) is 33.4. The fourth-order valence-electron chi connectivity index (χ4n) is 2.74. The zero-order valence-electron chi connectivity index (χ0n) is 32.4. The molecule has 0 aliphatic heterocycles. The van der Waals surface area contributed by atoms with Crippen LogP contribution in [0.5, 0.6) is 5.75 Å². The number of carbonyl (C=O) groups excluding carboxylic acids is 4. The van der Waals surface area contributed by atoms with Gasteiger partial charge in [0.25, 0.3) is 0 Å². The summed E-state index contributed by atoms with van der Waals surface area (Å²) in [6, 6.07) is 6.68. The van der Waals surface area contributed by atoms with Gasteiger partial charge in [-0.25, -0.2) is 9.59 Å². The molecule has 0 saturated carbocycles. The first kappa shape index (κ1) is 52.3. The van der Waals surface area contributed by atoms with Crippen LogP contribution < -0.4 is 10.1 Å². The van der Waals surface area contributed by atoms with Crippen molar-refractivity contribution in [3.63, 3.8) is 0 Å². The van der Waals surface area contributed by atoms with Crippen molar-refractivity contribution in [3.05, 3.63) is 102 Å².